The van der Waals surface area contributed by atoms with E-state index in [-0.39, 0.29) is 0 Å². The topological polar surface area (TPSA) is 49.3 Å². The Balaban J connectivity index is 1.82. The molecular weight excluding hydrogens is 296 g/mol. The zero-order valence-corrected chi connectivity index (χ0v) is 15.0. The van der Waals surface area contributed by atoms with Crippen molar-refractivity contribution in [3.05, 3.63) is 65.0 Å². The van der Waals surface area contributed by atoms with Crippen molar-refractivity contribution in [3.63, 3.8) is 0 Å². The first-order valence-electron chi connectivity index (χ1n) is 8.65. The van der Waals surface area contributed by atoms with Crippen molar-refractivity contribution < 1.29 is 0 Å². The minimum atomic E-state index is 0.755. The van der Waals surface area contributed by atoms with Crippen LogP contribution in [-0.2, 0) is 12.8 Å². The third-order valence-corrected chi connectivity index (χ3v) is 3.73. The lowest BCUT2D eigenvalue weighted by molar-refractivity contribution is 0.796. The van der Waals surface area contributed by atoms with E-state index in [1.807, 2.05) is 12.3 Å². The molecule has 0 radical (unpaired) electrons. The number of nitrogens with zero attached hydrogens (tertiary/aromatic N) is 2. The van der Waals surface area contributed by atoms with Crippen LogP contribution in [0.15, 0.2) is 47.7 Å². The van der Waals surface area contributed by atoms with E-state index in [9.17, 15) is 0 Å². The first-order chi connectivity index (χ1) is 11.7. The summed E-state index contributed by atoms with van der Waals surface area (Å²) in [5.74, 6) is 0.880. The van der Waals surface area contributed by atoms with Gasteiger partial charge in [-0.05, 0) is 50.8 Å². The van der Waals surface area contributed by atoms with E-state index in [2.05, 4.69) is 65.6 Å². The standard InChI is InChI=1S/C20H28N4/c1-4-22-20(23-10-7-18-6-5-9-21-15-18)24-11-8-19-13-16(2)12-17(3)14-19/h5-6,9,12-15H,4,7-8,10-11H2,1-3H3,(H2,22,23,24). The summed E-state index contributed by atoms with van der Waals surface area (Å²) in [7, 11) is 0. The number of hydrogen-bond acceptors (Lipinski definition) is 2. The Bertz CT molecular complexity index is 630. The zero-order chi connectivity index (χ0) is 17.2. The molecule has 0 saturated heterocycles. The Labute approximate surface area is 145 Å². The maximum Gasteiger partial charge on any atom is 0.191 e. The van der Waals surface area contributed by atoms with Crippen LogP contribution in [0.5, 0.6) is 0 Å². The minimum Gasteiger partial charge on any atom is -0.357 e. The third kappa shape index (κ3) is 6.41. The van der Waals surface area contributed by atoms with Gasteiger partial charge < -0.3 is 10.6 Å². The van der Waals surface area contributed by atoms with Gasteiger partial charge in [-0.3, -0.25) is 9.98 Å². The summed E-state index contributed by atoms with van der Waals surface area (Å²) in [4.78, 5) is 8.78. The summed E-state index contributed by atoms with van der Waals surface area (Å²) in [5, 5.41) is 6.72. The van der Waals surface area contributed by atoms with Gasteiger partial charge in [0.25, 0.3) is 0 Å². The van der Waals surface area contributed by atoms with Crippen LogP contribution in [-0.4, -0.2) is 30.6 Å². The number of guanidine groups is 1. The van der Waals surface area contributed by atoms with Gasteiger partial charge in [-0.25, -0.2) is 0 Å². The fourth-order valence-electron chi connectivity index (χ4n) is 2.72. The van der Waals surface area contributed by atoms with Gasteiger partial charge in [0.05, 0.1) is 0 Å². The molecule has 0 aliphatic carbocycles. The van der Waals surface area contributed by atoms with Gasteiger partial charge in [0.15, 0.2) is 5.96 Å². The van der Waals surface area contributed by atoms with E-state index < -0.39 is 0 Å². The van der Waals surface area contributed by atoms with Crippen LogP contribution in [0.4, 0.5) is 0 Å². The molecule has 1 aromatic carbocycles. The first kappa shape index (κ1) is 18.0. The molecule has 1 heterocycles. The molecule has 4 nitrogen and oxygen atoms in total. The smallest absolute Gasteiger partial charge is 0.191 e. The predicted molar refractivity (Wildman–Crippen MR) is 102 cm³/mol. The molecule has 0 bridgehead atoms. The van der Waals surface area contributed by atoms with Crippen molar-refractivity contribution in [2.75, 3.05) is 19.6 Å². The van der Waals surface area contributed by atoms with Crippen LogP contribution >= 0.6 is 0 Å². The van der Waals surface area contributed by atoms with Gasteiger partial charge in [-0.1, -0.05) is 35.4 Å². The number of nitrogens with one attached hydrogen (secondary N) is 2. The Kier molecular flexibility index (Phi) is 7.27. The Hall–Kier alpha value is -2.36. The molecule has 0 aliphatic rings. The van der Waals surface area contributed by atoms with Crippen LogP contribution in [0.1, 0.15) is 29.2 Å². The first-order valence-corrected chi connectivity index (χ1v) is 8.65. The van der Waals surface area contributed by atoms with E-state index >= 15 is 0 Å². The van der Waals surface area contributed by atoms with Crippen LogP contribution in [0.2, 0.25) is 0 Å². The molecule has 2 N–H and O–H groups in total. The summed E-state index contributed by atoms with van der Waals surface area (Å²) >= 11 is 0. The second-order valence-electron chi connectivity index (χ2n) is 6.04. The van der Waals surface area contributed by atoms with Crippen molar-refractivity contribution >= 4 is 5.96 Å². The average molecular weight is 324 g/mol. The van der Waals surface area contributed by atoms with Crippen molar-refractivity contribution in [1.29, 1.82) is 0 Å². The quantitative estimate of drug-likeness (QED) is 0.608. The van der Waals surface area contributed by atoms with Gasteiger partial charge in [0.2, 0.25) is 0 Å². The number of rotatable bonds is 7. The number of hydrogen-bond donors (Lipinski definition) is 2. The van der Waals surface area contributed by atoms with Crippen molar-refractivity contribution in [2.24, 2.45) is 4.99 Å². The lowest BCUT2D eigenvalue weighted by Gasteiger charge is -2.12. The van der Waals surface area contributed by atoms with Gasteiger partial charge in [-0.15, -0.1) is 0 Å². The van der Waals surface area contributed by atoms with Gasteiger partial charge in [0.1, 0.15) is 0 Å². The highest BCUT2D eigenvalue weighted by Gasteiger charge is 2.00. The molecule has 0 spiro atoms. The molecule has 2 aromatic rings. The van der Waals surface area contributed by atoms with E-state index in [1.54, 1.807) is 6.20 Å². The number of aryl methyl sites for hydroxylation is 2. The van der Waals surface area contributed by atoms with Gasteiger partial charge in [-0.2, -0.15) is 0 Å². The van der Waals surface area contributed by atoms with E-state index in [4.69, 9.17) is 0 Å². The molecule has 4 heteroatoms. The van der Waals surface area contributed by atoms with Crippen molar-refractivity contribution in [2.45, 2.75) is 33.6 Å². The number of aliphatic imine (C=N–C) groups is 1. The monoisotopic (exact) mass is 324 g/mol. The lowest BCUT2D eigenvalue weighted by Crippen LogP contribution is -2.38. The predicted octanol–water partition coefficient (Wildman–Crippen LogP) is 3.04. The summed E-state index contributed by atoms with van der Waals surface area (Å²) < 4.78 is 0. The SMILES string of the molecule is CCNC(=NCCc1cccnc1)NCCc1cc(C)cc(C)c1. The van der Waals surface area contributed by atoms with Crippen molar-refractivity contribution in [3.8, 4) is 0 Å². The molecule has 0 unspecified atom stereocenters. The molecule has 0 aliphatic heterocycles. The minimum absolute atomic E-state index is 0.755. The molecule has 1 aromatic heterocycles. The largest absolute Gasteiger partial charge is 0.357 e. The number of benzene rings is 1. The fourth-order valence-corrected chi connectivity index (χ4v) is 2.72. The summed E-state index contributed by atoms with van der Waals surface area (Å²) in [6.45, 7) is 8.87. The number of aromatic nitrogens is 1. The Morgan fingerprint density at radius 2 is 1.83 bits per heavy atom. The highest BCUT2D eigenvalue weighted by molar-refractivity contribution is 5.79. The molecule has 0 fully saturated rings. The normalized spacial score (nSPS) is 11.4. The maximum absolute atomic E-state index is 4.64. The Morgan fingerprint density at radius 1 is 1.04 bits per heavy atom. The lowest BCUT2D eigenvalue weighted by atomic mass is 10.1. The highest BCUT2D eigenvalue weighted by Crippen LogP contribution is 2.08. The average Bonchev–Trinajstić information content (AvgIpc) is 2.55. The Morgan fingerprint density at radius 3 is 2.50 bits per heavy atom. The van der Waals surface area contributed by atoms with E-state index in [0.29, 0.717) is 0 Å². The van der Waals surface area contributed by atoms with E-state index in [0.717, 1.165) is 38.4 Å². The second kappa shape index (κ2) is 9.71. The number of pyridine rings is 1. The third-order valence-electron chi connectivity index (χ3n) is 3.73. The van der Waals surface area contributed by atoms with Crippen LogP contribution in [0.25, 0.3) is 0 Å². The van der Waals surface area contributed by atoms with Crippen molar-refractivity contribution in [1.82, 2.24) is 15.6 Å². The molecular formula is C20H28N4. The molecule has 128 valence electrons. The highest BCUT2D eigenvalue weighted by atomic mass is 15.2. The van der Waals surface area contributed by atoms with Crippen LogP contribution < -0.4 is 10.6 Å². The van der Waals surface area contributed by atoms with Gasteiger partial charge >= 0.3 is 0 Å². The van der Waals surface area contributed by atoms with Crippen LogP contribution in [0, 0.1) is 13.8 Å². The molecule has 0 saturated carbocycles. The molecule has 0 amide bonds. The summed E-state index contributed by atoms with van der Waals surface area (Å²) in [6.07, 6.45) is 5.60. The second-order valence-corrected chi connectivity index (χ2v) is 6.04. The van der Waals surface area contributed by atoms with Gasteiger partial charge in [0, 0.05) is 32.0 Å². The molecule has 0 atom stereocenters. The molecule has 2 rings (SSSR count). The maximum atomic E-state index is 4.64. The summed E-state index contributed by atoms with van der Waals surface area (Å²) in [6, 6.07) is 10.8. The fraction of sp³-hybridized carbons (Fsp3) is 0.400. The zero-order valence-electron chi connectivity index (χ0n) is 15.0. The van der Waals surface area contributed by atoms with Crippen LogP contribution in [0.3, 0.4) is 0 Å². The molecule has 24 heavy (non-hydrogen) atoms. The van der Waals surface area contributed by atoms with E-state index in [1.165, 1.54) is 22.3 Å². The summed E-state index contributed by atoms with van der Waals surface area (Å²) in [5.41, 5.74) is 5.22.